The second-order valence-electron chi connectivity index (χ2n) is 8.43. The number of ketones is 1. The van der Waals surface area contributed by atoms with Crippen LogP contribution >= 0.6 is 0 Å². The standard InChI is InChI=1S/C24H34OSi/c1-9-21(19(8)25)23-14-20-12-10-11-13-22(20)24(23)15-26(16(2)3,17(4)5)18(6)7/h9-18H,1-8H3/b21-9+,24-15-. The number of fused-ring (bicyclic) bond motifs is 1. The van der Waals surface area contributed by atoms with Crippen LogP contribution in [0.25, 0.3) is 11.6 Å². The molecule has 0 fully saturated rings. The summed E-state index contributed by atoms with van der Waals surface area (Å²) in [6, 6.07) is 8.55. The van der Waals surface area contributed by atoms with Crippen LogP contribution in [0.3, 0.4) is 0 Å². The van der Waals surface area contributed by atoms with Crippen LogP contribution < -0.4 is 0 Å². The summed E-state index contributed by atoms with van der Waals surface area (Å²) in [7, 11) is -1.74. The Labute approximate surface area is 160 Å². The molecule has 0 amide bonds. The van der Waals surface area contributed by atoms with E-state index in [1.807, 2.05) is 13.0 Å². The molecule has 140 valence electrons. The topological polar surface area (TPSA) is 17.1 Å². The maximum atomic E-state index is 12.3. The summed E-state index contributed by atoms with van der Waals surface area (Å²) in [5.41, 5.74) is 10.3. The van der Waals surface area contributed by atoms with Crippen molar-refractivity contribution in [1.82, 2.24) is 0 Å². The maximum Gasteiger partial charge on any atom is 0.160 e. The Morgan fingerprint density at radius 1 is 0.962 bits per heavy atom. The zero-order valence-corrected chi connectivity index (χ0v) is 18.7. The molecule has 1 nitrogen and oxygen atoms in total. The first-order valence-corrected chi connectivity index (χ1v) is 12.2. The zero-order valence-electron chi connectivity index (χ0n) is 17.7. The predicted octanol–water partition coefficient (Wildman–Crippen LogP) is 7.22. The maximum absolute atomic E-state index is 12.3. The van der Waals surface area contributed by atoms with E-state index < -0.39 is 8.07 Å². The van der Waals surface area contributed by atoms with Crippen molar-refractivity contribution in [3.8, 4) is 0 Å². The Morgan fingerprint density at radius 3 is 1.96 bits per heavy atom. The first-order chi connectivity index (χ1) is 12.2. The summed E-state index contributed by atoms with van der Waals surface area (Å²) in [5.74, 6) is 0.142. The second-order valence-corrected chi connectivity index (χ2v) is 14.2. The molecule has 0 spiro atoms. The van der Waals surface area contributed by atoms with E-state index in [1.54, 1.807) is 6.92 Å². The molecule has 0 aliphatic heterocycles. The SMILES string of the molecule is C/C=C(\C(C)=O)C1=Cc2ccccc2/C1=C/[Si](C(C)C)(C(C)C)C(C)C. The molecule has 0 saturated carbocycles. The number of allylic oxidation sites excluding steroid dienone is 4. The normalized spacial score (nSPS) is 16.7. The van der Waals surface area contributed by atoms with Gasteiger partial charge in [-0.3, -0.25) is 4.79 Å². The summed E-state index contributed by atoms with van der Waals surface area (Å²) in [6.07, 6.45) is 4.18. The average Bonchev–Trinajstić information content (AvgIpc) is 2.89. The van der Waals surface area contributed by atoms with Crippen molar-refractivity contribution < 1.29 is 4.79 Å². The molecule has 26 heavy (non-hydrogen) atoms. The number of Topliss-reactive ketones (excluding diaryl/α,β-unsaturated/α-hetero) is 1. The minimum atomic E-state index is -1.74. The minimum absolute atomic E-state index is 0.142. The number of carbonyl (C=O) groups is 1. The summed E-state index contributed by atoms with van der Waals surface area (Å²) < 4.78 is 0. The van der Waals surface area contributed by atoms with Gasteiger partial charge in [0.25, 0.3) is 0 Å². The molecule has 0 unspecified atom stereocenters. The third kappa shape index (κ3) is 3.44. The van der Waals surface area contributed by atoms with E-state index in [0.29, 0.717) is 16.6 Å². The van der Waals surface area contributed by atoms with Gasteiger partial charge in [0, 0.05) is 5.57 Å². The molecule has 1 aromatic rings. The fraction of sp³-hybridized carbons (Fsp3) is 0.458. The van der Waals surface area contributed by atoms with Crippen LogP contribution in [0.1, 0.15) is 66.5 Å². The third-order valence-corrected chi connectivity index (χ3v) is 13.0. The Kier molecular flexibility index (Phi) is 6.28. The van der Waals surface area contributed by atoms with E-state index in [1.165, 1.54) is 16.7 Å². The molecule has 0 aromatic heterocycles. The molecular formula is C24H34OSi. The number of rotatable bonds is 6. The zero-order chi connectivity index (χ0) is 19.6. The lowest BCUT2D eigenvalue weighted by atomic mass is 9.96. The highest BCUT2D eigenvalue weighted by atomic mass is 28.3. The van der Waals surface area contributed by atoms with Gasteiger partial charge in [-0.05, 0) is 58.8 Å². The van der Waals surface area contributed by atoms with Crippen LogP contribution in [0.5, 0.6) is 0 Å². The van der Waals surface area contributed by atoms with Gasteiger partial charge in [-0.25, -0.2) is 0 Å². The smallest absolute Gasteiger partial charge is 0.160 e. The lowest BCUT2D eigenvalue weighted by Gasteiger charge is -2.41. The van der Waals surface area contributed by atoms with E-state index in [9.17, 15) is 4.79 Å². The first kappa shape index (κ1) is 20.6. The number of carbonyl (C=O) groups excluding carboxylic acids is 1. The van der Waals surface area contributed by atoms with Gasteiger partial charge in [-0.15, -0.1) is 0 Å². The van der Waals surface area contributed by atoms with Gasteiger partial charge < -0.3 is 0 Å². The average molecular weight is 367 g/mol. The summed E-state index contributed by atoms with van der Waals surface area (Å²) >= 11 is 0. The number of hydrogen-bond acceptors (Lipinski definition) is 1. The highest BCUT2D eigenvalue weighted by Crippen LogP contribution is 2.47. The molecule has 2 rings (SSSR count). The molecule has 1 aliphatic carbocycles. The Bertz CT molecular complexity index is 753. The first-order valence-electron chi connectivity index (χ1n) is 9.88. The molecule has 0 bridgehead atoms. The summed E-state index contributed by atoms with van der Waals surface area (Å²) in [6.45, 7) is 17.9. The van der Waals surface area contributed by atoms with Crippen molar-refractivity contribution in [2.45, 2.75) is 72.0 Å². The molecule has 1 aliphatic rings. The van der Waals surface area contributed by atoms with Gasteiger partial charge in [-0.1, -0.05) is 77.6 Å². The lowest BCUT2D eigenvalue weighted by molar-refractivity contribution is -0.113. The van der Waals surface area contributed by atoms with Crippen LogP contribution in [0.4, 0.5) is 0 Å². The Hall–Kier alpha value is -1.67. The van der Waals surface area contributed by atoms with Crippen molar-refractivity contribution in [1.29, 1.82) is 0 Å². The van der Waals surface area contributed by atoms with Crippen LogP contribution in [-0.2, 0) is 4.79 Å². The molecule has 0 saturated heterocycles. The third-order valence-electron chi connectivity index (χ3n) is 6.19. The molecule has 0 N–H and O–H groups in total. The predicted molar refractivity (Wildman–Crippen MR) is 118 cm³/mol. The van der Waals surface area contributed by atoms with Crippen molar-refractivity contribution >= 4 is 25.5 Å². The summed E-state index contributed by atoms with van der Waals surface area (Å²) in [4.78, 5) is 12.3. The monoisotopic (exact) mass is 366 g/mol. The van der Waals surface area contributed by atoms with E-state index in [0.717, 1.165) is 11.1 Å². The van der Waals surface area contributed by atoms with E-state index in [4.69, 9.17) is 0 Å². The van der Waals surface area contributed by atoms with Crippen LogP contribution in [0.15, 0.2) is 47.2 Å². The highest BCUT2D eigenvalue weighted by molar-refractivity contribution is 6.88. The van der Waals surface area contributed by atoms with Gasteiger partial charge in [0.2, 0.25) is 0 Å². The fourth-order valence-electron chi connectivity index (χ4n) is 4.92. The fourth-order valence-corrected chi connectivity index (χ4v) is 10.7. The van der Waals surface area contributed by atoms with E-state index in [-0.39, 0.29) is 5.78 Å². The van der Waals surface area contributed by atoms with Crippen LogP contribution in [-0.4, -0.2) is 13.9 Å². The second kappa shape index (κ2) is 7.92. The molecule has 0 atom stereocenters. The van der Waals surface area contributed by atoms with Crippen LogP contribution in [0.2, 0.25) is 16.6 Å². The van der Waals surface area contributed by atoms with Crippen molar-refractivity contribution in [3.63, 3.8) is 0 Å². The minimum Gasteiger partial charge on any atom is -0.295 e. The quantitative estimate of drug-likeness (QED) is 0.383. The molecule has 0 heterocycles. The lowest BCUT2D eigenvalue weighted by Crippen LogP contribution is -2.43. The van der Waals surface area contributed by atoms with Gasteiger partial charge in [0.15, 0.2) is 5.78 Å². The molecule has 2 heteroatoms. The highest BCUT2D eigenvalue weighted by Gasteiger charge is 2.42. The van der Waals surface area contributed by atoms with Gasteiger partial charge >= 0.3 is 0 Å². The molecule has 0 radical (unpaired) electrons. The van der Waals surface area contributed by atoms with Crippen LogP contribution in [0, 0.1) is 0 Å². The van der Waals surface area contributed by atoms with E-state index in [2.05, 4.69) is 77.6 Å². The van der Waals surface area contributed by atoms with Crippen molar-refractivity contribution in [3.05, 3.63) is 58.3 Å². The Morgan fingerprint density at radius 2 is 1.50 bits per heavy atom. The van der Waals surface area contributed by atoms with E-state index >= 15 is 0 Å². The number of hydrogen-bond donors (Lipinski definition) is 0. The number of benzene rings is 1. The van der Waals surface area contributed by atoms with Gasteiger partial charge in [0.1, 0.15) is 0 Å². The Balaban J connectivity index is 2.79. The molecular weight excluding hydrogens is 332 g/mol. The van der Waals surface area contributed by atoms with Gasteiger partial charge in [0.05, 0.1) is 8.07 Å². The van der Waals surface area contributed by atoms with Crippen molar-refractivity contribution in [2.75, 3.05) is 0 Å². The molecule has 1 aromatic carbocycles. The largest absolute Gasteiger partial charge is 0.295 e. The van der Waals surface area contributed by atoms with Crippen molar-refractivity contribution in [2.24, 2.45) is 0 Å². The summed E-state index contributed by atoms with van der Waals surface area (Å²) in [5, 5.41) is 0. The van der Waals surface area contributed by atoms with Gasteiger partial charge in [-0.2, -0.15) is 0 Å².